The third-order valence-corrected chi connectivity index (χ3v) is 20.6. The third-order valence-electron chi connectivity index (χ3n) is 20.6. The minimum atomic E-state index is -0.540. The summed E-state index contributed by atoms with van der Waals surface area (Å²) >= 11 is 0. The molecule has 2 fully saturated rings. The first-order valence-electron chi connectivity index (χ1n) is 28.8. The molecule has 0 radical (unpaired) electrons. The van der Waals surface area contributed by atoms with Crippen molar-refractivity contribution in [3.8, 4) is 44.9 Å². The summed E-state index contributed by atoms with van der Waals surface area (Å²) in [6.07, 6.45) is 10.0. The van der Waals surface area contributed by atoms with Crippen LogP contribution < -0.4 is 16.4 Å². The van der Waals surface area contributed by atoms with Crippen LogP contribution in [0.1, 0.15) is 135 Å². The van der Waals surface area contributed by atoms with Gasteiger partial charge in [-0.05, 0) is 195 Å². The van der Waals surface area contributed by atoms with Crippen LogP contribution in [-0.2, 0) is 5.41 Å². The highest BCUT2D eigenvalue weighted by Gasteiger charge is 2.55. The summed E-state index contributed by atoms with van der Waals surface area (Å²) in [6.45, 7) is 14.6. The summed E-state index contributed by atoms with van der Waals surface area (Å²) in [4.78, 5) is 0. The van der Waals surface area contributed by atoms with E-state index < -0.39 is 5.41 Å². The van der Waals surface area contributed by atoms with E-state index in [9.17, 15) is 0 Å². The predicted molar refractivity (Wildman–Crippen MR) is 321 cm³/mol. The standard InChI is InChI=1S/C73H63BN2/c1-42-21-23-52-53-24-22-43(2)36-59(53)73(58(52)35-42)57-25-26-62-65-70(57)76-67-54(38-49(40-60(67)73)44-27-31-71(3,4)32-28-44)55-39-50(45-29-33-72(5,6)34-30-45)41-61(68(55)76)74(65)64-51-20-14-13-19-48(51)37-56-63(46-15-9-7-10-16-46)66(75(62)69(56)64)47-17-11-8-12-18-47/h7-26,35-41,44-45H,27-34H2,1-6H3. The summed E-state index contributed by atoms with van der Waals surface area (Å²) < 4.78 is 5.62. The van der Waals surface area contributed by atoms with E-state index in [2.05, 4.69) is 214 Å². The molecule has 0 N–H and O–H groups in total. The summed E-state index contributed by atoms with van der Waals surface area (Å²) in [6, 6.07) is 65.6. The molecule has 0 bridgehead atoms. The molecule has 2 nitrogen and oxygen atoms in total. The number of rotatable bonds is 4. The lowest BCUT2D eigenvalue weighted by atomic mass is 9.33. The zero-order chi connectivity index (χ0) is 50.7. The van der Waals surface area contributed by atoms with Crippen LogP contribution in [0.4, 0.5) is 0 Å². The molecular weight excluding hydrogens is 916 g/mol. The summed E-state index contributed by atoms with van der Waals surface area (Å²) in [5, 5.41) is 6.93. The van der Waals surface area contributed by atoms with Crippen molar-refractivity contribution in [1.82, 2.24) is 9.13 Å². The maximum Gasteiger partial charge on any atom is 0.253 e. The Kier molecular flexibility index (Phi) is 8.64. The van der Waals surface area contributed by atoms with E-state index >= 15 is 0 Å². The molecule has 76 heavy (non-hydrogen) atoms. The first-order valence-corrected chi connectivity index (χ1v) is 28.8. The fourth-order valence-corrected chi connectivity index (χ4v) is 16.8. The van der Waals surface area contributed by atoms with Crippen molar-refractivity contribution in [2.75, 3.05) is 0 Å². The number of hydrogen-bond donors (Lipinski definition) is 0. The maximum absolute atomic E-state index is 2.87. The number of nitrogens with zero attached hydrogens (tertiary/aromatic N) is 2. The Bertz CT molecular complexity index is 4320. The minimum absolute atomic E-state index is 0.00139. The molecule has 9 aromatic carbocycles. The molecule has 5 heterocycles. The van der Waals surface area contributed by atoms with Crippen molar-refractivity contribution < 1.29 is 0 Å². The lowest BCUT2D eigenvalue weighted by molar-refractivity contribution is 0.224. The fourth-order valence-electron chi connectivity index (χ4n) is 16.8. The molecule has 1 spiro atoms. The van der Waals surface area contributed by atoms with Gasteiger partial charge in [-0.1, -0.05) is 178 Å². The van der Waals surface area contributed by atoms with E-state index in [0.29, 0.717) is 22.7 Å². The quantitative estimate of drug-likeness (QED) is 0.156. The van der Waals surface area contributed by atoms with Gasteiger partial charge in [0.15, 0.2) is 0 Å². The fraction of sp³-hybridized carbons (Fsp3) is 0.260. The third kappa shape index (κ3) is 5.59. The van der Waals surface area contributed by atoms with Crippen molar-refractivity contribution in [2.24, 2.45) is 10.8 Å². The Morgan fingerprint density at radius 2 is 1.03 bits per heavy atom. The highest BCUT2D eigenvalue weighted by Crippen LogP contribution is 2.63. The normalized spacial score (nSPS) is 18.2. The molecule has 2 aromatic heterocycles. The molecule has 2 saturated carbocycles. The van der Waals surface area contributed by atoms with Gasteiger partial charge in [-0.15, -0.1) is 0 Å². The van der Waals surface area contributed by atoms with Crippen LogP contribution in [0.3, 0.4) is 0 Å². The molecule has 368 valence electrons. The Morgan fingerprint density at radius 3 is 1.67 bits per heavy atom. The Labute approximate surface area is 447 Å². The van der Waals surface area contributed by atoms with Gasteiger partial charge in [-0.3, -0.25) is 0 Å². The van der Waals surface area contributed by atoms with Crippen molar-refractivity contribution in [3.63, 3.8) is 0 Å². The first-order chi connectivity index (χ1) is 37.0. The van der Waals surface area contributed by atoms with Crippen LogP contribution in [-0.4, -0.2) is 15.8 Å². The van der Waals surface area contributed by atoms with Gasteiger partial charge < -0.3 is 9.13 Å². The van der Waals surface area contributed by atoms with Crippen molar-refractivity contribution in [2.45, 2.75) is 110 Å². The molecule has 0 unspecified atom stereocenters. The number of aryl methyl sites for hydroxylation is 2. The van der Waals surface area contributed by atoms with Gasteiger partial charge in [0.1, 0.15) is 0 Å². The van der Waals surface area contributed by atoms with Gasteiger partial charge in [0.25, 0.3) is 6.71 Å². The van der Waals surface area contributed by atoms with Crippen molar-refractivity contribution in [3.05, 3.63) is 208 Å². The number of aromatic nitrogens is 2. The van der Waals surface area contributed by atoms with Crippen LogP contribution in [0.5, 0.6) is 0 Å². The van der Waals surface area contributed by atoms with Crippen LogP contribution in [0.2, 0.25) is 0 Å². The Balaban J connectivity index is 1.10. The van der Waals surface area contributed by atoms with Gasteiger partial charge in [0.05, 0.1) is 22.1 Å². The van der Waals surface area contributed by atoms with E-state index in [1.165, 1.54) is 190 Å². The van der Waals surface area contributed by atoms with E-state index in [0.717, 1.165) is 0 Å². The monoisotopic (exact) mass is 979 g/mol. The Morgan fingerprint density at radius 1 is 0.447 bits per heavy atom. The molecule has 3 aliphatic carbocycles. The largest absolute Gasteiger partial charge is 0.310 e. The second-order valence-electron chi connectivity index (χ2n) is 26.1. The van der Waals surface area contributed by atoms with E-state index in [-0.39, 0.29) is 6.71 Å². The van der Waals surface area contributed by atoms with Crippen molar-refractivity contribution >= 4 is 66.6 Å². The van der Waals surface area contributed by atoms with Crippen LogP contribution in [0, 0.1) is 24.7 Å². The lowest BCUT2D eigenvalue weighted by Crippen LogP contribution is -2.60. The van der Waals surface area contributed by atoms with Crippen LogP contribution >= 0.6 is 0 Å². The SMILES string of the molecule is Cc1ccc2c(c1)C1(c3cc(C)ccc3-2)c2ccc3c4c2-n2c5c(cc(C6CCC(C)(C)CC6)cc5c5cc(C6CCC(C)(C)CC6)cc1c52)B4c1c2ccccc2cc2c(-c4ccccc4)c(-c4ccccc4)n-3c12. The van der Waals surface area contributed by atoms with Gasteiger partial charge in [-0.25, -0.2) is 0 Å². The van der Waals surface area contributed by atoms with Gasteiger partial charge >= 0.3 is 0 Å². The molecule has 3 aliphatic heterocycles. The molecule has 11 aromatic rings. The predicted octanol–water partition coefficient (Wildman–Crippen LogP) is 17.0. The van der Waals surface area contributed by atoms with Gasteiger partial charge in [0.2, 0.25) is 0 Å². The molecule has 6 aliphatic rings. The number of fused-ring (bicyclic) bond motifs is 13. The summed E-state index contributed by atoms with van der Waals surface area (Å²) in [5.74, 6) is 1.04. The molecule has 3 heteroatoms. The smallest absolute Gasteiger partial charge is 0.253 e. The van der Waals surface area contributed by atoms with Crippen LogP contribution in [0.25, 0.3) is 88.4 Å². The van der Waals surface area contributed by atoms with Crippen LogP contribution in [0.15, 0.2) is 164 Å². The molecule has 0 saturated heterocycles. The number of benzene rings is 9. The molecule has 0 amide bonds. The average Bonchev–Trinajstić information content (AvgIpc) is 4.20. The van der Waals surface area contributed by atoms with Gasteiger partial charge in [0, 0.05) is 38.6 Å². The topological polar surface area (TPSA) is 9.86 Å². The van der Waals surface area contributed by atoms with Gasteiger partial charge in [-0.2, -0.15) is 0 Å². The van der Waals surface area contributed by atoms with E-state index in [4.69, 9.17) is 0 Å². The second-order valence-corrected chi connectivity index (χ2v) is 26.1. The van der Waals surface area contributed by atoms with E-state index in [1.54, 1.807) is 11.1 Å². The average molecular weight is 979 g/mol. The maximum atomic E-state index is 2.87. The molecule has 0 atom stereocenters. The second kappa shape index (κ2) is 15.0. The highest BCUT2D eigenvalue weighted by molar-refractivity contribution is 7.01. The number of hydrogen-bond acceptors (Lipinski definition) is 0. The van der Waals surface area contributed by atoms with Crippen molar-refractivity contribution in [1.29, 1.82) is 0 Å². The zero-order valence-corrected chi connectivity index (χ0v) is 44.9. The zero-order valence-electron chi connectivity index (χ0n) is 44.9. The van der Waals surface area contributed by atoms with E-state index in [1.807, 2.05) is 0 Å². The molecule has 17 rings (SSSR count). The highest BCUT2D eigenvalue weighted by atomic mass is 15.1. The summed E-state index contributed by atoms with van der Waals surface area (Å²) in [5.41, 5.74) is 30.9. The first kappa shape index (κ1) is 43.8. The minimum Gasteiger partial charge on any atom is -0.310 e. The molecular formula is C73H63BN2. The summed E-state index contributed by atoms with van der Waals surface area (Å²) in [7, 11) is 0. The lowest BCUT2D eigenvalue weighted by Gasteiger charge is -2.44. The Hall–Kier alpha value is -7.36.